The molecule has 0 aromatic carbocycles. The molecule has 0 radical (unpaired) electrons. The highest BCUT2D eigenvalue weighted by atomic mass is 32.1. The summed E-state index contributed by atoms with van der Waals surface area (Å²) >= 11 is 4.08. The fourth-order valence-electron chi connectivity index (χ4n) is 1.43. The number of thiol groups is 1. The van der Waals surface area contributed by atoms with E-state index in [4.69, 9.17) is 4.74 Å². The van der Waals surface area contributed by atoms with Gasteiger partial charge in [-0.3, -0.25) is 4.79 Å². The summed E-state index contributed by atoms with van der Waals surface area (Å²) in [4.78, 5) is 11.3. The van der Waals surface area contributed by atoms with Crippen LogP contribution in [0.4, 0.5) is 0 Å². The van der Waals surface area contributed by atoms with Crippen molar-refractivity contribution in [3.05, 3.63) is 0 Å². The Morgan fingerprint density at radius 3 is 2.71 bits per heavy atom. The smallest absolute Gasteiger partial charge is 0.232 e. The molecule has 14 heavy (non-hydrogen) atoms. The van der Waals surface area contributed by atoms with Crippen molar-refractivity contribution >= 4 is 18.5 Å². The summed E-state index contributed by atoms with van der Waals surface area (Å²) in [5.41, 5.74) is 0.328. The largest absolute Gasteiger partial charge is 0.385 e. The molecule has 0 saturated heterocycles. The highest BCUT2D eigenvalue weighted by molar-refractivity contribution is 7.81. The number of carbonyl (C=O) groups is 1. The number of ether oxygens (including phenoxy) is 1. The molecule has 4 heteroatoms. The molecule has 3 nitrogen and oxygen atoms in total. The lowest BCUT2D eigenvalue weighted by Gasteiger charge is -2.16. The molecule has 0 aromatic rings. The lowest BCUT2D eigenvalue weighted by Crippen LogP contribution is -2.34. The van der Waals surface area contributed by atoms with Crippen molar-refractivity contribution in [3.63, 3.8) is 0 Å². The van der Waals surface area contributed by atoms with Crippen molar-refractivity contribution < 1.29 is 9.53 Å². The minimum atomic E-state index is -0.215. The van der Waals surface area contributed by atoms with Crippen LogP contribution in [0, 0.1) is 5.41 Å². The fraction of sp³-hybridized carbons (Fsp3) is 0.900. The van der Waals surface area contributed by atoms with Crippen LogP contribution in [0.2, 0.25) is 0 Å². The minimum absolute atomic E-state index is 0.0250. The lowest BCUT2D eigenvalue weighted by molar-refractivity contribution is -0.120. The van der Waals surface area contributed by atoms with Crippen LogP contribution in [0.15, 0.2) is 0 Å². The third-order valence-electron chi connectivity index (χ3n) is 2.81. The molecule has 1 aliphatic rings. The maximum Gasteiger partial charge on any atom is 0.232 e. The van der Waals surface area contributed by atoms with Gasteiger partial charge in [-0.2, -0.15) is 12.6 Å². The molecule has 1 N–H and O–H groups in total. The van der Waals surface area contributed by atoms with Crippen LogP contribution in [0.25, 0.3) is 0 Å². The number of methoxy groups -OCH3 is 1. The van der Waals surface area contributed by atoms with E-state index in [9.17, 15) is 4.79 Å². The maximum atomic E-state index is 11.3. The number of hydrogen-bond donors (Lipinski definition) is 2. The van der Waals surface area contributed by atoms with Gasteiger partial charge in [0.05, 0.1) is 5.25 Å². The summed E-state index contributed by atoms with van der Waals surface area (Å²) in [6.07, 6.45) is 3.46. The average Bonchev–Trinajstić information content (AvgIpc) is 2.92. The molecule has 1 atom stereocenters. The topological polar surface area (TPSA) is 38.3 Å². The first-order valence-corrected chi connectivity index (χ1v) is 5.56. The van der Waals surface area contributed by atoms with Gasteiger partial charge >= 0.3 is 0 Å². The molecule has 1 rings (SSSR count). The van der Waals surface area contributed by atoms with Crippen LogP contribution in [0.3, 0.4) is 0 Å². The highest BCUT2D eigenvalue weighted by Crippen LogP contribution is 2.48. The molecule has 82 valence electrons. The van der Waals surface area contributed by atoms with Crippen molar-refractivity contribution in [1.82, 2.24) is 5.32 Å². The van der Waals surface area contributed by atoms with Gasteiger partial charge < -0.3 is 10.1 Å². The summed E-state index contributed by atoms with van der Waals surface area (Å²) < 4.78 is 5.04. The highest BCUT2D eigenvalue weighted by Gasteiger charge is 2.42. The van der Waals surface area contributed by atoms with E-state index in [1.165, 1.54) is 12.8 Å². The molecule has 0 spiro atoms. The number of rotatable bonds is 6. The Bertz CT molecular complexity index is 202. The van der Waals surface area contributed by atoms with Gasteiger partial charge in [-0.15, -0.1) is 0 Å². The minimum Gasteiger partial charge on any atom is -0.385 e. The summed E-state index contributed by atoms with van der Waals surface area (Å²) in [5, 5.41) is 2.71. The molecule has 0 aliphatic heterocycles. The lowest BCUT2D eigenvalue weighted by atomic mass is 10.0. The van der Waals surface area contributed by atoms with E-state index in [2.05, 4.69) is 17.9 Å². The average molecular weight is 217 g/mol. The fourth-order valence-corrected chi connectivity index (χ4v) is 1.52. The SMILES string of the molecule is COCCC1(CNC(=O)C(C)S)CC1. The zero-order valence-electron chi connectivity index (χ0n) is 8.88. The van der Waals surface area contributed by atoms with Crippen molar-refractivity contribution in [3.8, 4) is 0 Å². The van der Waals surface area contributed by atoms with Gasteiger partial charge in [-0.1, -0.05) is 0 Å². The molecule has 0 aromatic heterocycles. The number of nitrogens with one attached hydrogen (secondary N) is 1. The van der Waals surface area contributed by atoms with Gasteiger partial charge in [0, 0.05) is 20.3 Å². The molecule has 1 aliphatic carbocycles. The summed E-state index contributed by atoms with van der Waals surface area (Å²) in [7, 11) is 1.71. The van der Waals surface area contributed by atoms with Gasteiger partial charge in [0.25, 0.3) is 0 Å². The second kappa shape index (κ2) is 5.03. The molecular weight excluding hydrogens is 198 g/mol. The Hall–Kier alpha value is -0.220. The third-order valence-corrected chi connectivity index (χ3v) is 3.05. The molecule has 0 bridgehead atoms. The standard InChI is InChI=1S/C10H19NO2S/c1-8(14)9(12)11-7-10(3-4-10)5-6-13-2/h8,14H,3-7H2,1-2H3,(H,11,12). The Balaban J connectivity index is 2.20. The van der Waals surface area contributed by atoms with Crippen LogP contribution in [-0.4, -0.2) is 31.4 Å². The van der Waals surface area contributed by atoms with E-state index in [0.29, 0.717) is 5.41 Å². The Morgan fingerprint density at radius 2 is 2.29 bits per heavy atom. The van der Waals surface area contributed by atoms with Crippen LogP contribution < -0.4 is 5.32 Å². The van der Waals surface area contributed by atoms with E-state index < -0.39 is 0 Å². The monoisotopic (exact) mass is 217 g/mol. The van der Waals surface area contributed by atoms with Gasteiger partial charge in [0.15, 0.2) is 0 Å². The summed E-state index contributed by atoms with van der Waals surface area (Å²) in [5.74, 6) is 0.0250. The first-order chi connectivity index (χ1) is 6.59. The van der Waals surface area contributed by atoms with Gasteiger partial charge in [0.2, 0.25) is 5.91 Å². The maximum absolute atomic E-state index is 11.3. The number of carbonyl (C=O) groups excluding carboxylic acids is 1. The van der Waals surface area contributed by atoms with E-state index in [0.717, 1.165) is 19.6 Å². The van der Waals surface area contributed by atoms with Crippen LogP contribution in [0.5, 0.6) is 0 Å². The predicted octanol–water partition coefficient (Wildman–Crippen LogP) is 1.24. The molecular formula is C10H19NO2S. The Morgan fingerprint density at radius 1 is 1.64 bits per heavy atom. The normalized spacial score (nSPS) is 20.2. The van der Waals surface area contributed by atoms with E-state index in [-0.39, 0.29) is 11.2 Å². The Kier molecular flexibility index (Phi) is 4.26. The number of hydrogen-bond acceptors (Lipinski definition) is 3. The van der Waals surface area contributed by atoms with Gasteiger partial charge in [0.1, 0.15) is 0 Å². The van der Waals surface area contributed by atoms with Crippen molar-refractivity contribution in [1.29, 1.82) is 0 Å². The first-order valence-electron chi connectivity index (χ1n) is 5.04. The molecule has 1 unspecified atom stereocenters. The van der Waals surface area contributed by atoms with Crippen LogP contribution in [0.1, 0.15) is 26.2 Å². The zero-order valence-corrected chi connectivity index (χ0v) is 9.77. The van der Waals surface area contributed by atoms with Crippen LogP contribution >= 0.6 is 12.6 Å². The van der Waals surface area contributed by atoms with Crippen molar-refractivity contribution in [2.45, 2.75) is 31.4 Å². The van der Waals surface area contributed by atoms with Crippen LogP contribution in [-0.2, 0) is 9.53 Å². The van der Waals surface area contributed by atoms with E-state index in [1.807, 2.05) is 0 Å². The Labute approximate surface area is 91.0 Å². The quantitative estimate of drug-likeness (QED) is 0.657. The number of amides is 1. The van der Waals surface area contributed by atoms with E-state index >= 15 is 0 Å². The van der Waals surface area contributed by atoms with Gasteiger partial charge in [-0.05, 0) is 31.6 Å². The first kappa shape index (κ1) is 11.9. The van der Waals surface area contributed by atoms with Crippen molar-refractivity contribution in [2.75, 3.05) is 20.3 Å². The molecule has 1 fully saturated rings. The second-order valence-corrected chi connectivity index (χ2v) is 4.91. The molecule has 1 amide bonds. The summed E-state index contributed by atoms with van der Waals surface area (Å²) in [6, 6.07) is 0. The second-order valence-electron chi connectivity index (χ2n) is 4.14. The van der Waals surface area contributed by atoms with E-state index in [1.54, 1.807) is 14.0 Å². The molecule has 1 saturated carbocycles. The zero-order chi connectivity index (χ0) is 10.6. The third kappa shape index (κ3) is 3.50. The van der Waals surface area contributed by atoms with Crippen molar-refractivity contribution in [2.24, 2.45) is 5.41 Å². The van der Waals surface area contributed by atoms with Gasteiger partial charge in [-0.25, -0.2) is 0 Å². The molecule has 0 heterocycles. The summed E-state index contributed by atoms with van der Waals surface area (Å²) in [6.45, 7) is 3.35. The predicted molar refractivity (Wildman–Crippen MR) is 59.6 cm³/mol.